The summed E-state index contributed by atoms with van der Waals surface area (Å²) >= 11 is 7.38. The van der Waals surface area contributed by atoms with Gasteiger partial charge in [0.05, 0.1) is 10.0 Å². The number of halogens is 1. The van der Waals surface area contributed by atoms with Gasteiger partial charge >= 0.3 is 0 Å². The van der Waals surface area contributed by atoms with Crippen molar-refractivity contribution in [3.05, 3.63) is 47.6 Å². The molecule has 1 aromatic heterocycles. The Balaban J connectivity index is 1.68. The van der Waals surface area contributed by atoms with E-state index in [1.54, 1.807) is 30.1 Å². The Bertz CT molecular complexity index is 604. The first-order valence-electron chi connectivity index (χ1n) is 6.53. The lowest BCUT2D eigenvalue weighted by Crippen LogP contribution is -2.11. The van der Waals surface area contributed by atoms with E-state index in [9.17, 15) is 4.79 Å². The van der Waals surface area contributed by atoms with Crippen molar-refractivity contribution in [2.24, 2.45) is 0 Å². The zero-order chi connectivity index (χ0) is 15.1. The normalized spacial score (nSPS) is 10.3. The largest absolute Gasteiger partial charge is 0.399 e. The zero-order valence-electron chi connectivity index (χ0n) is 11.4. The maximum absolute atomic E-state index is 11.8. The van der Waals surface area contributed by atoms with Crippen LogP contribution < -0.4 is 11.1 Å². The molecular weight excluding hydrogens is 306 g/mol. The van der Waals surface area contributed by atoms with Crippen LogP contribution in [0.25, 0.3) is 0 Å². The summed E-state index contributed by atoms with van der Waals surface area (Å²) in [4.78, 5) is 16.0. The van der Waals surface area contributed by atoms with Crippen LogP contribution in [0.1, 0.15) is 12.8 Å². The van der Waals surface area contributed by atoms with E-state index in [0.29, 0.717) is 17.1 Å². The van der Waals surface area contributed by atoms with Gasteiger partial charge in [-0.3, -0.25) is 4.79 Å². The minimum absolute atomic E-state index is 0.00901. The fraction of sp³-hybridized carbons (Fsp3) is 0.200. The van der Waals surface area contributed by atoms with Crippen LogP contribution in [-0.2, 0) is 4.79 Å². The van der Waals surface area contributed by atoms with E-state index in [0.717, 1.165) is 22.9 Å². The highest BCUT2D eigenvalue weighted by Gasteiger charge is 2.03. The Labute approximate surface area is 133 Å². The lowest BCUT2D eigenvalue weighted by Gasteiger charge is -2.05. The van der Waals surface area contributed by atoms with E-state index in [2.05, 4.69) is 10.3 Å². The van der Waals surface area contributed by atoms with Crippen LogP contribution in [0.5, 0.6) is 0 Å². The standard InChI is InChI=1S/C15H16ClN3OS/c16-11-6-7-15(18-10-11)21-8-2-5-14(20)19-13-4-1-3-12(17)9-13/h1,3-4,6-7,9-10H,2,5,8,17H2,(H,19,20). The van der Waals surface area contributed by atoms with Crippen LogP contribution in [0.2, 0.25) is 5.02 Å². The molecule has 1 amide bonds. The number of rotatable bonds is 6. The Morgan fingerprint density at radius 2 is 2.19 bits per heavy atom. The van der Waals surface area contributed by atoms with Gasteiger partial charge in [0.15, 0.2) is 0 Å². The second-order valence-corrected chi connectivity index (χ2v) is 5.99. The zero-order valence-corrected chi connectivity index (χ0v) is 13.0. The van der Waals surface area contributed by atoms with E-state index in [-0.39, 0.29) is 5.91 Å². The van der Waals surface area contributed by atoms with Crippen molar-refractivity contribution >= 4 is 40.6 Å². The highest BCUT2D eigenvalue weighted by Crippen LogP contribution is 2.19. The molecule has 1 aromatic carbocycles. The molecule has 0 unspecified atom stereocenters. The number of hydrogen-bond donors (Lipinski definition) is 2. The van der Waals surface area contributed by atoms with Crippen molar-refractivity contribution in [1.29, 1.82) is 0 Å². The molecule has 0 atom stereocenters. The van der Waals surface area contributed by atoms with Gasteiger partial charge in [0.25, 0.3) is 0 Å². The van der Waals surface area contributed by atoms with Crippen LogP contribution in [0.15, 0.2) is 47.6 Å². The number of nitrogens with two attached hydrogens (primary N) is 1. The lowest BCUT2D eigenvalue weighted by molar-refractivity contribution is -0.116. The Morgan fingerprint density at radius 1 is 1.33 bits per heavy atom. The second kappa shape index (κ2) is 7.90. The van der Waals surface area contributed by atoms with Gasteiger partial charge in [0.1, 0.15) is 0 Å². The van der Waals surface area contributed by atoms with E-state index >= 15 is 0 Å². The average molecular weight is 322 g/mol. The number of carbonyl (C=O) groups is 1. The van der Waals surface area contributed by atoms with Crippen molar-refractivity contribution in [2.45, 2.75) is 17.9 Å². The predicted molar refractivity (Wildman–Crippen MR) is 88.7 cm³/mol. The SMILES string of the molecule is Nc1cccc(NC(=O)CCCSc2ccc(Cl)cn2)c1. The molecule has 0 aliphatic heterocycles. The molecule has 2 rings (SSSR count). The van der Waals surface area contributed by atoms with Crippen LogP contribution in [-0.4, -0.2) is 16.6 Å². The number of nitrogens with zero attached hydrogens (tertiary/aromatic N) is 1. The Hall–Kier alpha value is -1.72. The molecule has 21 heavy (non-hydrogen) atoms. The van der Waals surface area contributed by atoms with Gasteiger partial charge in [0, 0.05) is 24.0 Å². The minimum Gasteiger partial charge on any atom is -0.399 e. The van der Waals surface area contributed by atoms with Crippen LogP contribution in [0.3, 0.4) is 0 Å². The highest BCUT2D eigenvalue weighted by atomic mass is 35.5. The third kappa shape index (κ3) is 5.65. The molecule has 0 spiro atoms. The van der Waals surface area contributed by atoms with Gasteiger partial charge in [-0.2, -0.15) is 0 Å². The summed E-state index contributed by atoms with van der Waals surface area (Å²) in [6.45, 7) is 0. The number of benzene rings is 1. The van der Waals surface area contributed by atoms with Crippen LogP contribution in [0, 0.1) is 0 Å². The number of hydrogen-bond acceptors (Lipinski definition) is 4. The minimum atomic E-state index is -0.00901. The molecule has 110 valence electrons. The number of anilines is 2. The predicted octanol–water partition coefficient (Wildman–Crippen LogP) is 3.83. The molecule has 3 N–H and O–H groups in total. The number of nitrogen functional groups attached to an aromatic ring is 1. The van der Waals surface area contributed by atoms with Crippen LogP contribution >= 0.6 is 23.4 Å². The van der Waals surface area contributed by atoms with Crippen LogP contribution in [0.4, 0.5) is 11.4 Å². The van der Waals surface area contributed by atoms with E-state index in [1.165, 1.54) is 0 Å². The van der Waals surface area contributed by atoms with Gasteiger partial charge in [-0.15, -0.1) is 11.8 Å². The van der Waals surface area contributed by atoms with E-state index < -0.39 is 0 Å². The molecule has 1 heterocycles. The van der Waals surface area contributed by atoms with Crippen molar-refractivity contribution < 1.29 is 4.79 Å². The third-order valence-electron chi connectivity index (χ3n) is 2.67. The molecule has 0 saturated heterocycles. The number of aromatic nitrogens is 1. The number of pyridine rings is 1. The summed E-state index contributed by atoms with van der Waals surface area (Å²) in [5.41, 5.74) is 7.03. The Morgan fingerprint density at radius 3 is 2.90 bits per heavy atom. The summed E-state index contributed by atoms with van der Waals surface area (Å²) in [5.74, 6) is 0.823. The molecule has 0 aliphatic carbocycles. The quantitative estimate of drug-likeness (QED) is 0.482. The van der Waals surface area contributed by atoms with E-state index in [4.69, 9.17) is 17.3 Å². The molecule has 0 radical (unpaired) electrons. The van der Waals surface area contributed by atoms with E-state index in [1.807, 2.05) is 24.3 Å². The summed E-state index contributed by atoms with van der Waals surface area (Å²) in [7, 11) is 0. The summed E-state index contributed by atoms with van der Waals surface area (Å²) in [5, 5.41) is 4.37. The second-order valence-electron chi connectivity index (χ2n) is 4.44. The van der Waals surface area contributed by atoms with Gasteiger partial charge in [-0.25, -0.2) is 4.98 Å². The monoisotopic (exact) mass is 321 g/mol. The van der Waals surface area contributed by atoms with Crippen molar-refractivity contribution in [1.82, 2.24) is 4.98 Å². The molecule has 0 bridgehead atoms. The number of nitrogens with one attached hydrogen (secondary N) is 1. The first-order valence-corrected chi connectivity index (χ1v) is 7.89. The average Bonchev–Trinajstić information content (AvgIpc) is 2.45. The molecular formula is C15H16ClN3OS. The lowest BCUT2D eigenvalue weighted by atomic mass is 10.2. The van der Waals surface area contributed by atoms with Crippen molar-refractivity contribution in [3.63, 3.8) is 0 Å². The maximum Gasteiger partial charge on any atom is 0.224 e. The highest BCUT2D eigenvalue weighted by molar-refractivity contribution is 7.99. The van der Waals surface area contributed by atoms with Crippen molar-refractivity contribution in [2.75, 3.05) is 16.8 Å². The molecule has 4 nitrogen and oxygen atoms in total. The van der Waals surface area contributed by atoms with Gasteiger partial charge in [0.2, 0.25) is 5.91 Å². The molecule has 0 aliphatic rings. The summed E-state index contributed by atoms with van der Waals surface area (Å²) in [6, 6.07) is 10.8. The summed E-state index contributed by atoms with van der Waals surface area (Å²) in [6.07, 6.45) is 2.87. The number of carbonyl (C=O) groups excluding carboxylic acids is 1. The smallest absolute Gasteiger partial charge is 0.224 e. The fourth-order valence-corrected chi connectivity index (χ4v) is 2.60. The van der Waals surface area contributed by atoms with Crippen molar-refractivity contribution in [3.8, 4) is 0 Å². The van der Waals surface area contributed by atoms with Gasteiger partial charge in [-0.1, -0.05) is 17.7 Å². The molecule has 0 saturated carbocycles. The van der Waals surface area contributed by atoms with Gasteiger partial charge in [-0.05, 0) is 42.5 Å². The topological polar surface area (TPSA) is 68.0 Å². The molecule has 0 fully saturated rings. The maximum atomic E-state index is 11.8. The molecule has 2 aromatic rings. The first-order chi connectivity index (χ1) is 10.1. The fourth-order valence-electron chi connectivity index (χ4n) is 1.70. The summed E-state index contributed by atoms with van der Waals surface area (Å²) < 4.78 is 0. The third-order valence-corrected chi connectivity index (χ3v) is 3.92. The first kappa shape index (κ1) is 15.7. The molecule has 6 heteroatoms. The number of thioether (sulfide) groups is 1. The Kier molecular flexibility index (Phi) is 5.90. The van der Waals surface area contributed by atoms with Gasteiger partial charge < -0.3 is 11.1 Å². The number of amides is 1.